The van der Waals surface area contributed by atoms with Crippen LogP contribution in [-0.2, 0) is 6.42 Å². The van der Waals surface area contributed by atoms with Gasteiger partial charge in [-0.3, -0.25) is 0 Å². The third-order valence-electron chi connectivity index (χ3n) is 0.815. The lowest BCUT2D eigenvalue weighted by Gasteiger charge is -1.85. The van der Waals surface area contributed by atoms with Crippen molar-refractivity contribution in [1.29, 1.82) is 0 Å². The Morgan fingerprint density at radius 3 is 2.88 bits per heavy atom. The standard InChI is InChI=1S/C5H6N3/c1-2-5-3-4-6-8-7-5/h3-4H,1-2H2. The fraction of sp³-hybridized carbons (Fsp3) is 0.200. The summed E-state index contributed by atoms with van der Waals surface area (Å²) in [6, 6.07) is 1.79. The predicted molar refractivity (Wildman–Crippen MR) is 28.9 cm³/mol. The van der Waals surface area contributed by atoms with Gasteiger partial charge in [0.15, 0.2) is 0 Å². The molecule has 0 aromatic carbocycles. The van der Waals surface area contributed by atoms with E-state index in [1.807, 2.05) is 0 Å². The molecule has 1 rings (SSSR count). The molecule has 1 heterocycles. The van der Waals surface area contributed by atoms with E-state index in [4.69, 9.17) is 0 Å². The van der Waals surface area contributed by atoms with E-state index in [0.717, 1.165) is 5.69 Å². The predicted octanol–water partition coefficient (Wildman–Crippen LogP) is 0.248. The van der Waals surface area contributed by atoms with Gasteiger partial charge in [0, 0.05) is 0 Å². The highest BCUT2D eigenvalue weighted by molar-refractivity contribution is 4.95. The molecule has 41 valence electrons. The third-order valence-corrected chi connectivity index (χ3v) is 0.815. The zero-order chi connectivity index (χ0) is 5.82. The Kier molecular flexibility index (Phi) is 1.51. The van der Waals surface area contributed by atoms with Crippen LogP contribution in [0.3, 0.4) is 0 Å². The van der Waals surface area contributed by atoms with Crippen LogP contribution in [0.15, 0.2) is 12.3 Å². The Hall–Kier alpha value is -0.990. The number of rotatable bonds is 1. The Morgan fingerprint density at radius 2 is 2.50 bits per heavy atom. The highest BCUT2D eigenvalue weighted by Crippen LogP contribution is 1.86. The maximum atomic E-state index is 3.67. The minimum atomic E-state index is 0.676. The summed E-state index contributed by atoms with van der Waals surface area (Å²) in [7, 11) is 0. The molecule has 0 atom stereocenters. The highest BCUT2D eigenvalue weighted by Gasteiger charge is 1.84. The summed E-state index contributed by atoms with van der Waals surface area (Å²) in [6.45, 7) is 3.63. The summed E-state index contributed by atoms with van der Waals surface area (Å²) in [5, 5.41) is 10.6. The normalized spacial score (nSPS) is 9.12. The molecule has 3 heteroatoms. The van der Waals surface area contributed by atoms with E-state index in [1.54, 1.807) is 12.3 Å². The van der Waals surface area contributed by atoms with Crippen molar-refractivity contribution in [3.05, 3.63) is 24.9 Å². The van der Waals surface area contributed by atoms with Gasteiger partial charge >= 0.3 is 0 Å². The first kappa shape index (κ1) is 5.15. The van der Waals surface area contributed by atoms with Crippen LogP contribution in [0.2, 0.25) is 0 Å². The van der Waals surface area contributed by atoms with Gasteiger partial charge in [-0.05, 0) is 24.6 Å². The second-order valence-electron chi connectivity index (χ2n) is 1.36. The topological polar surface area (TPSA) is 38.7 Å². The van der Waals surface area contributed by atoms with Crippen molar-refractivity contribution >= 4 is 0 Å². The van der Waals surface area contributed by atoms with Crippen LogP contribution < -0.4 is 0 Å². The average molecular weight is 108 g/mol. The monoisotopic (exact) mass is 108 g/mol. The Labute approximate surface area is 47.8 Å². The van der Waals surface area contributed by atoms with Gasteiger partial charge in [0.25, 0.3) is 0 Å². The van der Waals surface area contributed by atoms with Crippen molar-refractivity contribution < 1.29 is 0 Å². The SMILES string of the molecule is [CH2]Cc1ccnnn1. The number of hydrogen-bond acceptors (Lipinski definition) is 3. The van der Waals surface area contributed by atoms with Crippen molar-refractivity contribution in [2.75, 3.05) is 0 Å². The maximum Gasteiger partial charge on any atom is 0.0664 e. The second kappa shape index (κ2) is 2.35. The molecule has 1 aromatic heterocycles. The largest absolute Gasteiger partial charge is 0.139 e. The Bertz CT molecular complexity index is 149. The molecule has 3 nitrogen and oxygen atoms in total. The van der Waals surface area contributed by atoms with E-state index >= 15 is 0 Å². The minimum Gasteiger partial charge on any atom is -0.139 e. The molecule has 1 radical (unpaired) electrons. The van der Waals surface area contributed by atoms with Crippen LogP contribution in [0, 0.1) is 6.92 Å². The van der Waals surface area contributed by atoms with Gasteiger partial charge in [-0.15, -0.1) is 10.2 Å². The lowest BCUT2D eigenvalue weighted by atomic mass is 10.3. The zero-order valence-electron chi connectivity index (χ0n) is 4.41. The van der Waals surface area contributed by atoms with Crippen molar-refractivity contribution in [2.24, 2.45) is 0 Å². The molecule has 0 aliphatic carbocycles. The molecule has 0 aliphatic rings. The van der Waals surface area contributed by atoms with E-state index in [9.17, 15) is 0 Å². The van der Waals surface area contributed by atoms with Gasteiger partial charge < -0.3 is 0 Å². The first-order valence-corrected chi connectivity index (χ1v) is 2.36. The molecule has 0 bridgehead atoms. The summed E-state index contributed by atoms with van der Waals surface area (Å²) in [6.07, 6.45) is 2.28. The van der Waals surface area contributed by atoms with Crippen LogP contribution in [0.25, 0.3) is 0 Å². The molecule has 0 unspecified atom stereocenters. The summed E-state index contributed by atoms with van der Waals surface area (Å²) in [5.74, 6) is 0. The molecule has 0 N–H and O–H groups in total. The molecule has 8 heavy (non-hydrogen) atoms. The van der Waals surface area contributed by atoms with Gasteiger partial charge in [0.2, 0.25) is 0 Å². The summed E-state index contributed by atoms with van der Waals surface area (Å²) >= 11 is 0. The van der Waals surface area contributed by atoms with E-state index in [2.05, 4.69) is 22.3 Å². The van der Waals surface area contributed by atoms with Crippen LogP contribution in [0.1, 0.15) is 5.69 Å². The molecule has 0 saturated carbocycles. The third kappa shape index (κ3) is 0.992. The van der Waals surface area contributed by atoms with Gasteiger partial charge in [0.05, 0.1) is 11.9 Å². The smallest absolute Gasteiger partial charge is 0.0664 e. The molecule has 0 amide bonds. The first-order chi connectivity index (χ1) is 3.93. The average Bonchev–Trinajstić information content (AvgIpc) is 1.90. The highest BCUT2D eigenvalue weighted by atomic mass is 15.3. The minimum absolute atomic E-state index is 0.676. The molecular weight excluding hydrogens is 102 g/mol. The molecule has 0 saturated heterocycles. The lowest BCUT2D eigenvalue weighted by molar-refractivity contribution is 0.824. The van der Waals surface area contributed by atoms with Crippen LogP contribution in [-0.4, -0.2) is 15.4 Å². The Morgan fingerprint density at radius 1 is 1.62 bits per heavy atom. The van der Waals surface area contributed by atoms with Crippen LogP contribution in [0.4, 0.5) is 0 Å². The zero-order valence-corrected chi connectivity index (χ0v) is 4.41. The van der Waals surface area contributed by atoms with E-state index in [0.29, 0.717) is 6.42 Å². The molecule has 0 fully saturated rings. The van der Waals surface area contributed by atoms with E-state index in [-0.39, 0.29) is 0 Å². The quantitative estimate of drug-likeness (QED) is 0.517. The van der Waals surface area contributed by atoms with Crippen molar-refractivity contribution in [3.8, 4) is 0 Å². The number of hydrogen-bond donors (Lipinski definition) is 0. The Balaban J connectivity index is 2.83. The van der Waals surface area contributed by atoms with Crippen molar-refractivity contribution in [2.45, 2.75) is 6.42 Å². The van der Waals surface area contributed by atoms with E-state index < -0.39 is 0 Å². The van der Waals surface area contributed by atoms with Gasteiger partial charge in [-0.25, -0.2) is 0 Å². The first-order valence-electron chi connectivity index (χ1n) is 2.36. The van der Waals surface area contributed by atoms with Crippen molar-refractivity contribution in [3.63, 3.8) is 0 Å². The second-order valence-corrected chi connectivity index (χ2v) is 1.36. The van der Waals surface area contributed by atoms with E-state index in [1.165, 1.54) is 0 Å². The molecule has 1 aromatic rings. The fourth-order valence-electron chi connectivity index (χ4n) is 0.399. The fourth-order valence-corrected chi connectivity index (χ4v) is 0.399. The van der Waals surface area contributed by atoms with Crippen LogP contribution >= 0.6 is 0 Å². The van der Waals surface area contributed by atoms with Gasteiger partial charge in [-0.1, -0.05) is 0 Å². The maximum absolute atomic E-state index is 3.67. The number of aromatic nitrogens is 3. The molecule has 0 spiro atoms. The summed E-state index contributed by atoms with van der Waals surface area (Å²) in [4.78, 5) is 0. The van der Waals surface area contributed by atoms with Crippen LogP contribution in [0.5, 0.6) is 0 Å². The van der Waals surface area contributed by atoms with Gasteiger partial charge in [0.1, 0.15) is 0 Å². The summed E-state index contributed by atoms with van der Waals surface area (Å²) in [5.41, 5.74) is 0.875. The summed E-state index contributed by atoms with van der Waals surface area (Å²) < 4.78 is 0. The lowest BCUT2D eigenvalue weighted by Crippen LogP contribution is -1.90. The number of nitrogens with zero attached hydrogens (tertiary/aromatic N) is 3. The molecular formula is C5H6N3. The molecule has 0 aliphatic heterocycles. The van der Waals surface area contributed by atoms with Crippen molar-refractivity contribution in [1.82, 2.24) is 15.4 Å². The van der Waals surface area contributed by atoms with Gasteiger partial charge in [-0.2, -0.15) is 0 Å².